The van der Waals surface area contributed by atoms with Gasteiger partial charge in [0.25, 0.3) is 0 Å². The summed E-state index contributed by atoms with van der Waals surface area (Å²) in [6.07, 6.45) is 1.90. The first-order valence-electron chi connectivity index (χ1n) is 7.64. The van der Waals surface area contributed by atoms with Crippen molar-refractivity contribution in [2.24, 2.45) is 0 Å². The molecule has 0 saturated carbocycles. The molecule has 0 radical (unpaired) electrons. The van der Waals surface area contributed by atoms with Gasteiger partial charge in [-0.1, -0.05) is 42.5 Å². The summed E-state index contributed by atoms with van der Waals surface area (Å²) < 4.78 is 11.0. The maximum Gasteiger partial charge on any atom is 0.172 e. The van der Waals surface area contributed by atoms with Crippen LogP contribution in [0, 0.1) is 0 Å². The lowest BCUT2D eigenvalue weighted by Gasteiger charge is -2.22. The lowest BCUT2D eigenvalue weighted by molar-refractivity contribution is 0.0676. The van der Waals surface area contributed by atoms with Crippen molar-refractivity contribution >= 4 is 5.78 Å². The van der Waals surface area contributed by atoms with E-state index in [9.17, 15) is 4.79 Å². The Bertz CT molecular complexity index is 613. The van der Waals surface area contributed by atoms with Gasteiger partial charge >= 0.3 is 0 Å². The van der Waals surface area contributed by atoms with Gasteiger partial charge in [0.1, 0.15) is 5.75 Å². The lowest BCUT2D eigenvalue weighted by Crippen LogP contribution is -2.26. The van der Waals surface area contributed by atoms with Crippen LogP contribution in [0.4, 0.5) is 0 Å². The first-order chi connectivity index (χ1) is 10.8. The van der Waals surface area contributed by atoms with Crippen molar-refractivity contribution in [2.45, 2.75) is 24.9 Å². The number of Topliss-reactive ketones (excluding diaryl/α,β-unsaturated/α-hetero) is 1. The van der Waals surface area contributed by atoms with Gasteiger partial charge in [0.05, 0.1) is 19.1 Å². The van der Waals surface area contributed by atoms with E-state index in [0.717, 1.165) is 36.3 Å². The molecule has 114 valence electrons. The van der Waals surface area contributed by atoms with Gasteiger partial charge in [0.2, 0.25) is 0 Å². The summed E-state index contributed by atoms with van der Waals surface area (Å²) >= 11 is 0. The van der Waals surface area contributed by atoms with Crippen LogP contribution < -0.4 is 4.74 Å². The number of hydrogen-bond donors (Lipinski definition) is 0. The highest BCUT2D eigenvalue weighted by Crippen LogP contribution is 2.32. The number of rotatable bonds is 5. The van der Waals surface area contributed by atoms with Crippen molar-refractivity contribution < 1.29 is 14.3 Å². The zero-order valence-corrected chi connectivity index (χ0v) is 12.7. The van der Waals surface area contributed by atoms with Gasteiger partial charge in [-0.2, -0.15) is 0 Å². The molecule has 2 aromatic rings. The number of methoxy groups -OCH3 is 1. The first kappa shape index (κ1) is 14.8. The zero-order chi connectivity index (χ0) is 15.4. The third-order valence-corrected chi connectivity index (χ3v) is 4.15. The molecule has 3 rings (SSSR count). The average Bonchev–Trinajstić information content (AvgIpc) is 3.10. The highest BCUT2D eigenvalue weighted by molar-refractivity contribution is 6.01. The minimum Gasteiger partial charge on any atom is -0.497 e. The maximum absolute atomic E-state index is 13.0. The molecule has 0 aliphatic carbocycles. The molecule has 0 bridgehead atoms. The lowest BCUT2D eigenvalue weighted by atomic mass is 9.85. The maximum atomic E-state index is 13.0. The monoisotopic (exact) mass is 296 g/mol. The fourth-order valence-electron chi connectivity index (χ4n) is 2.99. The Hall–Kier alpha value is -2.13. The Balaban J connectivity index is 1.94. The van der Waals surface area contributed by atoms with E-state index in [1.54, 1.807) is 7.11 Å². The van der Waals surface area contributed by atoms with Gasteiger partial charge in [0, 0.05) is 12.2 Å². The van der Waals surface area contributed by atoms with Crippen molar-refractivity contribution in [3.8, 4) is 5.75 Å². The summed E-state index contributed by atoms with van der Waals surface area (Å²) in [7, 11) is 1.64. The number of hydrogen-bond acceptors (Lipinski definition) is 3. The minimum absolute atomic E-state index is 0.0406. The van der Waals surface area contributed by atoms with Crippen LogP contribution in [0.15, 0.2) is 54.6 Å². The molecule has 1 aliphatic heterocycles. The molecule has 1 fully saturated rings. The van der Waals surface area contributed by atoms with Crippen LogP contribution in [0.3, 0.4) is 0 Å². The van der Waals surface area contributed by atoms with Crippen LogP contribution in [-0.4, -0.2) is 25.6 Å². The standard InChI is InChI=1S/C19H20O3/c1-21-16-11-9-14(10-12-16)18(17-8-5-13-22-17)19(20)15-6-3-2-4-7-15/h2-4,6-7,9-12,17-18H,5,8,13H2,1H3. The van der Waals surface area contributed by atoms with E-state index >= 15 is 0 Å². The van der Waals surface area contributed by atoms with E-state index in [-0.39, 0.29) is 17.8 Å². The largest absolute Gasteiger partial charge is 0.497 e. The van der Waals surface area contributed by atoms with E-state index in [1.165, 1.54) is 0 Å². The normalized spacial score (nSPS) is 18.9. The van der Waals surface area contributed by atoms with Crippen LogP contribution >= 0.6 is 0 Å². The van der Waals surface area contributed by atoms with E-state index < -0.39 is 0 Å². The fourth-order valence-corrected chi connectivity index (χ4v) is 2.99. The molecule has 1 heterocycles. The first-order valence-corrected chi connectivity index (χ1v) is 7.64. The summed E-state index contributed by atoms with van der Waals surface area (Å²) in [5.41, 5.74) is 1.72. The van der Waals surface area contributed by atoms with Gasteiger partial charge in [-0.15, -0.1) is 0 Å². The quantitative estimate of drug-likeness (QED) is 0.786. The summed E-state index contributed by atoms with van der Waals surface area (Å²) in [6, 6.07) is 17.2. The number of ether oxygens (including phenoxy) is 2. The van der Waals surface area contributed by atoms with Crippen molar-refractivity contribution in [1.82, 2.24) is 0 Å². The summed E-state index contributed by atoms with van der Waals surface area (Å²) in [5.74, 6) is 0.662. The molecule has 2 atom stereocenters. The third-order valence-electron chi connectivity index (χ3n) is 4.15. The van der Waals surface area contributed by atoms with Gasteiger partial charge < -0.3 is 9.47 Å². The molecule has 3 nitrogen and oxygen atoms in total. The molecule has 0 amide bonds. The van der Waals surface area contributed by atoms with Gasteiger partial charge in [-0.05, 0) is 30.5 Å². The molecule has 0 spiro atoms. The smallest absolute Gasteiger partial charge is 0.172 e. The Kier molecular flexibility index (Phi) is 4.54. The second-order valence-electron chi connectivity index (χ2n) is 5.53. The van der Waals surface area contributed by atoms with Gasteiger partial charge in [0.15, 0.2) is 5.78 Å². The van der Waals surface area contributed by atoms with Crippen LogP contribution in [0.25, 0.3) is 0 Å². The SMILES string of the molecule is COc1ccc(C(C(=O)c2ccccc2)C2CCCO2)cc1. The van der Waals surface area contributed by atoms with Crippen LogP contribution in [0.2, 0.25) is 0 Å². The molecule has 0 aromatic heterocycles. The van der Waals surface area contributed by atoms with E-state index in [2.05, 4.69) is 0 Å². The van der Waals surface area contributed by atoms with Crippen molar-refractivity contribution in [3.05, 3.63) is 65.7 Å². The van der Waals surface area contributed by atoms with Gasteiger partial charge in [-0.3, -0.25) is 4.79 Å². The van der Waals surface area contributed by atoms with Crippen LogP contribution in [0.5, 0.6) is 5.75 Å². The molecule has 1 saturated heterocycles. The third kappa shape index (κ3) is 3.04. The van der Waals surface area contributed by atoms with Crippen molar-refractivity contribution in [3.63, 3.8) is 0 Å². The minimum atomic E-state index is -0.254. The molecule has 1 aliphatic rings. The Morgan fingerprint density at radius 2 is 1.86 bits per heavy atom. The number of carbonyl (C=O) groups excluding carboxylic acids is 1. The zero-order valence-electron chi connectivity index (χ0n) is 12.7. The van der Waals surface area contributed by atoms with E-state index in [0.29, 0.717) is 0 Å². The second kappa shape index (κ2) is 6.75. The van der Waals surface area contributed by atoms with Gasteiger partial charge in [-0.25, -0.2) is 0 Å². The van der Waals surface area contributed by atoms with Crippen molar-refractivity contribution in [2.75, 3.05) is 13.7 Å². The summed E-state index contributed by atoms with van der Waals surface area (Å²) in [4.78, 5) is 13.0. The number of ketones is 1. The predicted molar refractivity (Wildman–Crippen MR) is 85.5 cm³/mol. The second-order valence-corrected chi connectivity index (χ2v) is 5.53. The number of benzene rings is 2. The molecular formula is C19H20O3. The molecule has 0 N–H and O–H groups in total. The predicted octanol–water partition coefficient (Wildman–Crippen LogP) is 3.84. The Labute approximate surface area is 130 Å². The topological polar surface area (TPSA) is 35.5 Å². The molecule has 2 aromatic carbocycles. The highest BCUT2D eigenvalue weighted by Gasteiger charge is 2.33. The summed E-state index contributed by atoms with van der Waals surface area (Å²) in [5, 5.41) is 0. The Morgan fingerprint density at radius 1 is 1.14 bits per heavy atom. The molecule has 3 heteroatoms. The average molecular weight is 296 g/mol. The number of carbonyl (C=O) groups is 1. The summed E-state index contributed by atoms with van der Waals surface area (Å²) in [6.45, 7) is 0.736. The Morgan fingerprint density at radius 3 is 2.45 bits per heavy atom. The van der Waals surface area contributed by atoms with E-state index in [1.807, 2.05) is 54.6 Å². The fraction of sp³-hybridized carbons (Fsp3) is 0.316. The molecule has 22 heavy (non-hydrogen) atoms. The highest BCUT2D eigenvalue weighted by atomic mass is 16.5. The molecular weight excluding hydrogens is 276 g/mol. The van der Waals surface area contributed by atoms with E-state index in [4.69, 9.17) is 9.47 Å². The van der Waals surface area contributed by atoms with Crippen molar-refractivity contribution in [1.29, 1.82) is 0 Å². The van der Waals surface area contributed by atoms with Crippen LogP contribution in [-0.2, 0) is 4.74 Å². The van der Waals surface area contributed by atoms with Crippen LogP contribution in [0.1, 0.15) is 34.7 Å². The molecule has 2 unspecified atom stereocenters.